The number of hydrogen-bond donors (Lipinski definition) is 1. The molecule has 118 valence electrons. The van der Waals surface area contributed by atoms with Crippen molar-refractivity contribution in [3.63, 3.8) is 0 Å². The van der Waals surface area contributed by atoms with Crippen LogP contribution in [0, 0.1) is 21.4 Å². The summed E-state index contributed by atoms with van der Waals surface area (Å²) < 4.78 is 1.88. The summed E-state index contributed by atoms with van der Waals surface area (Å²) in [6.07, 6.45) is 1.87. The van der Waals surface area contributed by atoms with Gasteiger partial charge in [0.2, 0.25) is 0 Å². The zero-order valence-electron chi connectivity index (χ0n) is 12.8. The predicted octanol–water partition coefficient (Wildman–Crippen LogP) is 3.12. The van der Waals surface area contributed by atoms with Gasteiger partial charge < -0.3 is 10.3 Å². The van der Waals surface area contributed by atoms with Crippen molar-refractivity contribution in [2.75, 3.05) is 5.73 Å². The number of nitro groups is 1. The van der Waals surface area contributed by atoms with Gasteiger partial charge in [-0.3, -0.25) is 10.1 Å². The van der Waals surface area contributed by atoms with Crippen molar-refractivity contribution in [1.29, 1.82) is 5.26 Å². The number of benzene rings is 1. The van der Waals surface area contributed by atoms with Gasteiger partial charge >= 0.3 is 0 Å². The minimum atomic E-state index is -0.459. The van der Waals surface area contributed by atoms with Gasteiger partial charge in [-0.25, -0.2) is 4.98 Å². The third-order valence-electron chi connectivity index (χ3n) is 3.75. The number of nitrogens with zero attached hydrogens (tertiary/aromatic N) is 4. The summed E-state index contributed by atoms with van der Waals surface area (Å²) in [6.45, 7) is 0. The van der Waals surface area contributed by atoms with Crippen molar-refractivity contribution < 1.29 is 4.92 Å². The summed E-state index contributed by atoms with van der Waals surface area (Å²) in [5.41, 5.74) is 9.01. The Labute approximate surface area is 137 Å². The first-order valence-electron chi connectivity index (χ1n) is 7.08. The molecule has 0 spiro atoms. The van der Waals surface area contributed by atoms with Crippen molar-refractivity contribution in [2.24, 2.45) is 7.05 Å². The van der Waals surface area contributed by atoms with Crippen LogP contribution in [-0.4, -0.2) is 14.5 Å². The molecule has 2 heterocycles. The molecule has 3 aromatic rings. The number of nitrogens with two attached hydrogens (primary N) is 1. The van der Waals surface area contributed by atoms with E-state index in [4.69, 9.17) is 5.73 Å². The SMILES string of the molecule is Cn1cccc1-c1cc(-c2ccc([N+](=O)[O-])cc2)nc(N)c1C#N. The van der Waals surface area contributed by atoms with Crippen LogP contribution in [0.2, 0.25) is 0 Å². The quantitative estimate of drug-likeness (QED) is 0.589. The number of anilines is 1. The highest BCUT2D eigenvalue weighted by molar-refractivity contribution is 5.79. The second kappa shape index (κ2) is 5.85. The van der Waals surface area contributed by atoms with Gasteiger partial charge in [-0.15, -0.1) is 0 Å². The van der Waals surface area contributed by atoms with E-state index in [0.717, 1.165) is 5.69 Å². The van der Waals surface area contributed by atoms with Gasteiger partial charge in [-0.05, 0) is 30.3 Å². The first-order chi connectivity index (χ1) is 11.5. The molecule has 0 aliphatic heterocycles. The van der Waals surface area contributed by atoms with Gasteiger partial charge in [0.1, 0.15) is 17.5 Å². The lowest BCUT2D eigenvalue weighted by Gasteiger charge is -2.11. The normalized spacial score (nSPS) is 10.3. The average Bonchev–Trinajstić information content (AvgIpc) is 3.00. The highest BCUT2D eigenvalue weighted by Gasteiger charge is 2.15. The fraction of sp³-hybridized carbons (Fsp3) is 0.0588. The predicted molar refractivity (Wildman–Crippen MR) is 89.9 cm³/mol. The number of rotatable bonds is 3. The summed E-state index contributed by atoms with van der Waals surface area (Å²) in [7, 11) is 1.87. The number of nitriles is 1. The lowest BCUT2D eigenvalue weighted by atomic mass is 10.0. The van der Waals surface area contributed by atoms with Crippen LogP contribution in [0.25, 0.3) is 22.5 Å². The Balaban J connectivity index is 2.17. The summed E-state index contributed by atoms with van der Waals surface area (Å²) in [5.74, 6) is 0.129. The minimum Gasteiger partial charge on any atom is -0.383 e. The first kappa shape index (κ1) is 15.2. The van der Waals surface area contributed by atoms with E-state index in [1.165, 1.54) is 12.1 Å². The molecule has 24 heavy (non-hydrogen) atoms. The summed E-state index contributed by atoms with van der Waals surface area (Å²) in [6, 6.07) is 13.7. The molecule has 0 radical (unpaired) electrons. The van der Waals surface area contributed by atoms with Crippen molar-refractivity contribution in [3.8, 4) is 28.6 Å². The number of nitro benzene ring substituents is 1. The van der Waals surface area contributed by atoms with Gasteiger partial charge in [0.05, 0.1) is 10.6 Å². The largest absolute Gasteiger partial charge is 0.383 e. The zero-order chi connectivity index (χ0) is 17.3. The molecular formula is C17H13N5O2. The van der Waals surface area contributed by atoms with Gasteiger partial charge in [-0.2, -0.15) is 5.26 Å². The van der Waals surface area contributed by atoms with E-state index >= 15 is 0 Å². The second-order valence-electron chi connectivity index (χ2n) is 5.24. The Kier molecular flexibility index (Phi) is 3.72. The van der Waals surface area contributed by atoms with Crippen molar-refractivity contribution >= 4 is 11.5 Å². The number of nitrogen functional groups attached to an aromatic ring is 1. The van der Waals surface area contributed by atoms with E-state index in [1.807, 2.05) is 29.9 Å². The Morgan fingerprint density at radius 3 is 2.54 bits per heavy atom. The van der Waals surface area contributed by atoms with E-state index in [-0.39, 0.29) is 11.5 Å². The molecule has 0 aliphatic carbocycles. The molecule has 0 saturated heterocycles. The number of aryl methyl sites for hydroxylation is 1. The number of non-ortho nitro benzene ring substituents is 1. The molecule has 2 N–H and O–H groups in total. The first-order valence-corrected chi connectivity index (χ1v) is 7.08. The van der Waals surface area contributed by atoms with Crippen molar-refractivity contribution in [1.82, 2.24) is 9.55 Å². The maximum atomic E-state index is 10.8. The number of pyridine rings is 1. The fourth-order valence-corrected chi connectivity index (χ4v) is 2.53. The maximum Gasteiger partial charge on any atom is 0.269 e. The Morgan fingerprint density at radius 1 is 1.29 bits per heavy atom. The number of aromatic nitrogens is 2. The van der Waals surface area contributed by atoms with Crippen LogP contribution >= 0.6 is 0 Å². The lowest BCUT2D eigenvalue weighted by Crippen LogP contribution is -2.01. The van der Waals surface area contributed by atoms with E-state index < -0.39 is 4.92 Å². The highest BCUT2D eigenvalue weighted by atomic mass is 16.6. The molecule has 7 heteroatoms. The van der Waals surface area contributed by atoms with Crippen LogP contribution in [0.1, 0.15) is 5.56 Å². The molecule has 0 fully saturated rings. The van der Waals surface area contributed by atoms with Crippen LogP contribution in [0.4, 0.5) is 11.5 Å². The van der Waals surface area contributed by atoms with Crippen molar-refractivity contribution in [3.05, 3.63) is 64.3 Å². The Morgan fingerprint density at radius 2 is 2.00 bits per heavy atom. The van der Waals surface area contributed by atoms with Crippen LogP contribution in [0.15, 0.2) is 48.7 Å². The standard InChI is InChI=1S/C17H13N5O2/c1-21-8-2-3-16(21)13-9-15(20-17(19)14(13)10-18)11-4-6-12(7-5-11)22(23)24/h2-9H,1H3,(H2,19,20). The van der Waals surface area contributed by atoms with Gasteiger partial charge in [-0.1, -0.05) is 0 Å². The molecule has 2 aromatic heterocycles. The number of hydrogen-bond acceptors (Lipinski definition) is 5. The van der Waals surface area contributed by atoms with Gasteiger partial charge in [0, 0.05) is 42.2 Å². The fourth-order valence-electron chi connectivity index (χ4n) is 2.53. The molecule has 0 aliphatic rings. The van der Waals surface area contributed by atoms with E-state index in [9.17, 15) is 15.4 Å². The summed E-state index contributed by atoms with van der Waals surface area (Å²) in [5, 5.41) is 20.2. The molecular weight excluding hydrogens is 306 g/mol. The van der Waals surface area contributed by atoms with E-state index in [1.54, 1.807) is 18.2 Å². The van der Waals surface area contributed by atoms with E-state index in [2.05, 4.69) is 11.1 Å². The molecule has 7 nitrogen and oxygen atoms in total. The van der Waals surface area contributed by atoms with Crippen LogP contribution in [-0.2, 0) is 7.05 Å². The van der Waals surface area contributed by atoms with Crippen LogP contribution in [0.3, 0.4) is 0 Å². The van der Waals surface area contributed by atoms with E-state index in [0.29, 0.717) is 22.4 Å². The molecule has 0 bridgehead atoms. The topological polar surface area (TPSA) is 111 Å². The molecule has 3 rings (SSSR count). The second-order valence-corrected chi connectivity index (χ2v) is 5.24. The monoisotopic (exact) mass is 319 g/mol. The van der Waals surface area contributed by atoms with Gasteiger partial charge in [0.25, 0.3) is 5.69 Å². The van der Waals surface area contributed by atoms with Crippen LogP contribution in [0.5, 0.6) is 0 Å². The lowest BCUT2D eigenvalue weighted by molar-refractivity contribution is -0.384. The molecule has 0 saturated carbocycles. The smallest absolute Gasteiger partial charge is 0.269 e. The maximum absolute atomic E-state index is 10.8. The Hall–Kier alpha value is -3.66. The molecule has 0 atom stereocenters. The molecule has 0 amide bonds. The molecule has 0 unspecified atom stereocenters. The van der Waals surface area contributed by atoms with Gasteiger partial charge in [0.15, 0.2) is 0 Å². The highest BCUT2D eigenvalue weighted by Crippen LogP contribution is 2.31. The zero-order valence-corrected chi connectivity index (χ0v) is 12.8. The Bertz CT molecular complexity index is 968. The third-order valence-corrected chi connectivity index (χ3v) is 3.75. The van der Waals surface area contributed by atoms with Crippen molar-refractivity contribution in [2.45, 2.75) is 0 Å². The third kappa shape index (κ3) is 2.57. The molecule has 1 aromatic carbocycles. The minimum absolute atomic E-state index is 0.00280. The summed E-state index contributed by atoms with van der Waals surface area (Å²) >= 11 is 0. The average molecular weight is 319 g/mol. The van der Waals surface area contributed by atoms with Crippen LogP contribution < -0.4 is 5.73 Å². The summed E-state index contributed by atoms with van der Waals surface area (Å²) in [4.78, 5) is 14.6.